The Morgan fingerprint density at radius 2 is 1.53 bits per heavy atom. The zero-order valence-electron chi connectivity index (χ0n) is 15.8. The fourth-order valence-corrected chi connectivity index (χ4v) is 3.33. The van der Waals surface area contributed by atoms with Crippen LogP contribution in [-0.4, -0.2) is 25.8 Å². The topological polar surface area (TPSA) is 78.0 Å². The Balaban J connectivity index is 1.57. The summed E-state index contributed by atoms with van der Waals surface area (Å²) in [7, 11) is 0. The van der Waals surface area contributed by atoms with Gasteiger partial charge in [0.15, 0.2) is 0 Å². The van der Waals surface area contributed by atoms with Crippen LogP contribution in [0, 0.1) is 0 Å². The molecule has 1 aliphatic heterocycles. The van der Waals surface area contributed by atoms with Crippen LogP contribution in [0.25, 0.3) is 5.69 Å². The minimum absolute atomic E-state index is 0.0441. The molecule has 1 amide bonds. The molecule has 3 aromatic rings. The normalized spacial score (nSPS) is 13.5. The number of halogens is 2. The number of hydrogen-bond acceptors (Lipinski definition) is 3. The van der Waals surface area contributed by atoms with Gasteiger partial charge in [0.1, 0.15) is 0 Å². The molecule has 1 aromatic heterocycles. The second kappa shape index (κ2) is 7.58. The van der Waals surface area contributed by atoms with Crippen molar-refractivity contribution in [1.29, 1.82) is 0 Å². The van der Waals surface area contributed by atoms with Crippen LogP contribution >= 0.6 is 0 Å². The molecular formula is C21H18F2N4O3. The van der Waals surface area contributed by atoms with E-state index < -0.39 is 35.3 Å². The first-order valence-electron chi connectivity index (χ1n) is 9.27. The van der Waals surface area contributed by atoms with Crippen LogP contribution in [0.3, 0.4) is 0 Å². The van der Waals surface area contributed by atoms with Gasteiger partial charge in [0.05, 0.1) is 18.8 Å². The van der Waals surface area contributed by atoms with E-state index in [1.165, 1.54) is 0 Å². The lowest BCUT2D eigenvalue weighted by molar-refractivity contribution is -0.141. The van der Waals surface area contributed by atoms with Gasteiger partial charge in [0, 0.05) is 12.1 Å². The summed E-state index contributed by atoms with van der Waals surface area (Å²) in [5.74, 6) is -5.27. The van der Waals surface area contributed by atoms with E-state index in [9.17, 15) is 23.2 Å². The van der Waals surface area contributed by atoms with Crippen LogP contribution in [0.5, 0.6) is 0 Å². The largest absolute Gasteiger partial charge is 0.352 e. The Hall–Kier alpha value is -3.75. The Kier molecular flexibility index (Phi) is 4.94. The van der Waals surface area contributed by atoms with Gasteiger partial charge in [-0.3, -0.25) is 4.79 Å². The number of fused-ring (bicyclic) bond motifs is 1. The number of rotatable bonds is 5. The predicted molar refractivity (Wildman–Crippen MR) is 106 cm³/mol. The van der Waals surface area contributed by atoms with E-state index >= 15 is 0 Å². The van der Waals surface area contributed by atoms with E-state index in [1.54, 1.807) is 60.7 Å². The van der Waals surface area contributed by atoms with E-state index in [-0.39, 0.29) is 13.1 Å². The van der Waals surface area contributed by atoms with Gasteiger partial charge in [-0.2, -0.15) is 8.78 Å². The van der Waals surface area contributed by atoms with E-state index in [1.807, 2.05) is 0 Å². The maximum absolute atomic E-state index is 14.8. The number of nitrogens with one attached hydrogen (secondary N) is 1. The standard InChI is InChI=1S/C21H18F2N4O3/c22-21(23,18(28)24-13-15-7-3-1-4-8-15)16-11-12-25-19(29)27(20(30)26(25)14-16)17-9-5-2-6-10-17/h1-11H,12-14H2,(H,24,28). The smallest absolute Gasteiger partial charge is 0.346 e. The monoisotopic (exact) mass is 412 g/mol. The Morgan fingerprint density at radius 1 is 0.933 bits per heavy atom. The highest BCUT2D eigenvalue weighted by Crippen LogP contribution is 2.27. The third kappa shape index (κ3) is 3.38. The molecule has 1 aliphatic rings. The summed E-state index contributed by atoms with van der Waals surface area (Å²) in [5, 5.41) is 2.23. The maximum Gasteiger partial charge on any atom is 0.352 e. The first kappa shape index (κ1) is 19.6. The summed E-state index contributed by atoms with van der Waals surface area (Å²) in [4.78, 5) is 37.5. The summed E-state index contributed by atoms with van der Waals surface area (Å²) in [6.07, 6.45) is 1.12. The lowest BCUT2D eigenvalue weighted by Gasteiger charge is -2.23. The van der Waals surface area contributed by atoms with Crippen LogP contribution in [0.1, 0.15) is 5.56 Å². The highest BCUT2D eigenvalue weighted by atomic mass is 19.3. The summed E-state index contributed by atoms with van der Waals surface area (Å²) in [6, 6.07) is 16.9. The Labute approximate surface area is 169 Å². The molecule has 0 unspecified atom stereocenters. The molecule has 0 radical (unpaired) electrons. The molecule has 0 saturated carbocycles. The number of alkyl halides is 2. The third-order valence-electron chi connectivity index (χ3n) is 4.95. The number of nitrogens with zero attached hydrogens (tertiary/aromatic N) is 3. The SMILES string of the molecule is O=C(NCc1ccccc1)C(F)(F)C1=CCn2c(=O)n(-c3ccccc3)c(=O)n2C1. The van der Waals surface area contributed by atoms with Gasteiger partial charge in [-0.1, -0.05) is 54.6 Å². The van der Waals surface area contributed by atoms with Crippen LogP contribution in [-0.2, 0) is 24.4 Å². The van der Waals surface area contributed by atoms with E-state index in [4.69, 9.17) is 0 Å². The van der Waals surface area contributed by atoms with Gasteiger partial charge in [-0.15, -0.1) is 0 Å². The van der Waals surface area contributed by atoms with E-state index in [2.05, 4.69) is 5.32 Å². The molecule has 1 N–H and O–H groups in total. The number of aromatic nitrogens is 3. The average Bonchev–Trinajstić information content (AvgIpc) is 3.03. The lowest BCUT2D eigenvalue weighted by atomic mass is 10.1. The highest BCUT2D eigenvalue weighted by Gasteiger charge is 2.44. The van der Waals surface area contributed by atoms with Crippen molar-refractivity contribution in [2.75, 3.05) is 0 Å². The van der Waals surface area contributed by atoms with Crippen molar-refractivity contribution in [1.82, 2.24) is 19.2 Å². The minimum atomic E-state index is -3.82. The zero-order valence-corrected chi connectivity index (χ0v) is 15.8. The summed E-state index contributed by atoms with van der Waals surface area (Å²) < 4.78 is 32.5. The molecular weight excluding hydrogens is 394 g/mol. The van der Waals surface area contributed by atoms with E-state index in [0.29, 0.717) is 11.3 Å². The first-order chi connectivity index (χ1) is 14.4. The van der Waals surface area contributed by atoms with Gasteiger partial charge in [-0.05, 0) is 17.7 Å². The van der Waals surface area contributed by atoms with Gasteiger partial charge in [0.2, 0.25) is 0 Å². The van der Waals surface area contributed by atoms with Crippen LogP contribution in [0.2, 0.25) is 0 Å². The molecule has 4 rings (SSSR count). The molecule has 0 atom stereocenters. The number of amides is 1. The van der Waals surface area contributed by atoms with Gasteiger partial charge >= 0.3 is 17.3 Å². The van der Waals surface area contributed by atoms with Crippen molar-refractivity contribution in [3.8, 4) is 5.69 Å². The average molecular weight is 412 g/mol. The number of para-hydroxylation sites is 1. The molecule has 9 heteroatoms. The zero-order chi connectivity index (χ0) is 21.3. The molecule has 30 heavy (non-hydrogen) atoms. The Bertz CT molecular complexity index is 1220. The third-order valence-corrected chi connectivity index (χ3v) is 4.95. The van der Waals surface area contributed by atoms with Crippen molar-refractivity contribution < 1.29 is 13.6 Å². The van der Waals surface area contributed by atoms with Crippen molar-refractivity contribution in [3.05, 3.63) is 98.8 Å². The molecule has 0 aliphatic carbocycles. The second-order valence-electron chi connectivity index (χ2n) is 6.85. The van der Waals surface area contributed by atoms with Crippen molar-refractivity contribution in [3.63, 3.8) is 0 Å². The number of allylic oxidation sites excluding steroid dienone is 1. The molecule has 2 heterocycles. The van der Waals surface area contributed by atoms with Gasteiger partial charge < -0.3 is 5.32 Å². The number of benzene rings is 2. The van der Waals surface area contributed by atoms with Crippen LogP contribution in [0.4, 0.5) is 8.78 Å². The summed E-state index contributed by atoms with van der Waals surface area (Å²) in [6.45, 7) is -0.831. The fraction of sp³-hybridized carbons (Fsp3) is 0.190. The number of hydrogen-bond donors (Lipinski definition) is 1. The second-order valence-corrected chi connectivity index (χ2v) is 6.85. The van der Waals surface area contributed by atoms with Crippen molar-refractivity contribution in [2.45, 2.75) is 25.6 Å². The van der Waals surface area contributed by atoms with Crippen molar-refractivity contribution >= 4 is 5.91 Å². The maximum atomic E-state index is 14.8. The van der Waals surface area contributed by atoms with Crippen molar-refractivity contribution in [2.24, 2.45) is 0 Å². The van der Waals surface area contributed by atoms with Gasteiger partial charge in [0.25, 0.3) is 5.91 Å². The minimum Gasteiger partial charge on any atom is -0.346 e. The highest BCUT2D eigenvalue weighted by molar-refractivity contribution is 5.86. The predicted octanol–water partition coefficient (Wildman–Crippen LogP) is 1.69. The molecule has 0 spiro atoms. The van der Waals surface area contributed by atoms with E-state index in [0.717, 1.165) is 20.0 Å². The van der Waals surface area contributed by atoms with Crippen LogP contribution in [0.15, 0.2) is 81.9 Å². The lowest BCUT2D eigenvalue weighted by Crippen LogP contribution is -2.44. The fourth-order valence-electron chi connectivity index (χ4n) is 3.33. The molecule has 2 aromatic carbocycles. The number of carbonyl (C=O) groups is 1. The quantitative estimate of drug-likeness (QED) is 0.648. The molecule has 0 bridgehead atoms. The molecule has 0 fully saturated rings. The Morgan fingerprint density at radius 3 is 2.20 bits per heavy atom. The first-order valence-corrected chi connectivity index (χ1v) is 9.27. The molecule has 154 valence electrons. The summed E-state index contributed by atoms with van der Waals surface area (Å²) >= 11 is 0. The molecule has 0 saturated heterocycles. The molecule has 7 nitrogen and oxygen atoms in total. The van der Waals surface area contributed by atoms with Gasteiger partial charge in [-0.25, -0.2) is 23.5 Å². The van der Waals surface area contributed by atoms with Crippen LogP contribution < -0.4 is 16.7 Å². The summed E-state index contributed by atoms with van der Waals surface area (Å²) in [5.41, 5.74) is -0.865. The number of carbonyl (C=O) groups excluding carboxylic acids is 1.